The van der Waals surface area contributed by atoms with Crippen molar-refractivity contribution in [2.45, 2.75) is 23.1 Å². The first kappa shape index (κ1) is 10.2. The molecule has 2 heterocycles. The number of rotatable bonds is 2. The summed E-state index contributed by atoms with van der Waals surface area (Å²) >= 11 is 7.49. The Morgan fingerprint density at radius 2 is 2.14 bits per heavy atom. The van der Waals surface area contributed by atoms with Gasteiger partial charge in [0.25, 0.3) is 0 Å². The Balaban J connectivity index is 1.95. The van der Waals surface area contributed by atoms with E-state index in [0.29, 0.717) is 10.4 Å². The van der Waals surface area contributed by atoms with E-state index < -0.39 is 0 Å². The molecular weight excluding hydrogens is 220 g/mol. The van der Waals surface area contributed by atoms with Crippen LogP contribution in [0.4, 0.5) is 0 Å². The van der Waals surface area contributed by atoms with Gasteiger partial charge in [-0.2, -0.15) is 0 Å². The zero-order valence-corrected chi connectivity index (χ0v) is 9.22. The van der Waals surface area contributed by atoms with Gasteiger partial charge in [0, 0.05) is 18.5 Å². The lowest BCUT2D eigenvalue weighted by Crippen LogP contribution is -2.17. The number of aromatic nitrogens is 2. The molecular formula is C9H11ClN2OS. The average molecular weight is 231 g/mol. The van der Waals surface area contributed by atoms with Gasteiger partial charge in [-0.05, 0) is 12.8 Å². The second-order valence-electron chi connectivity index (χ2n) is 3.11. The SMILES string of the molecule is Clc1cncc(SC2CCOCC2)n1. The number of ether oxygens (including phenoxy) is 1. The smallest absolute Gasteiger partial charge is 0.148 e. The molecule has 1 aromatic heterocycles. The van der Waals surface area contributed by atoms with Gasteiger partial charge in [0.1, 0.15) is 10.2 Å². The first-order valence-corrected chi connectivity index (χ1v) is 5.82. The largest absolute Gasteiger partial charge is 0.381 e. The Bertz CT molecular complexity index is 305. The minimum Gasteiger partial charge on any atom is -0.381 e. The van der Waals surface area contributed by atoms with E-state index in [0.717, 1.165) is 31.1 Å². The van der Waals surface area contributed by atoms with Crippen LogP contribution in [0.5, 0.6) is 0 Å². The van der Waals surface area contributed by atoms with Crippen LogP contribution in [0.3, 0.4) is 0 Å². The maximum Gasteiger partial charge on any atom is 0.148 e. The van der Waals surface area contributed by atoms with Crippen molar-refractivity contribution in [3.05, 3.63) is 17.5 Å². The predicted octanol–water partition coefficient (Wildman–Crippen LogP) is 2.40. The summed E-state index contributed by atoms with van der Waals surface area (Å²) in [6.07, 6.45) is 5.47. The van der Waals surface area contributed by atoms with Crippen LogP contribution >= 0.6 is 23.4 Å². The summed E-state index contributed by atoms with van der Waals surface area (Å²) in [5, 5.41) is 1.96. The molecule has 0 atom stereocenters. The Kier molecular flexibility index (Phi) is 3.61. The van der Waals surface area contributed by atoms with Gasteiger partial charge in [-0.15, -0.1) is 11.8 Å². The van der Waals surface area contributed by atoms with Gasteiger partial charge in [-0.25, -0.2) is 4.98 Å². The van der Waals surface area contributed by atoms with Crippen LogP contribution in [-0.2, 0) is 4.74 Å². The van der Waals surface area contributed by atoms with E-state index >= 15 is 0 Å². The molecule has 1 aromatic rings. The van der Waals surface area contributed by atoms with E-state index in [4.69, 9.17) is 16.3 Å². The highest BCUT2D eigenvalue weighted by Crippen LogP contribution is 2.28. The van der Waals surface area contributed by atoms with Gasteiger partial charge in [0.2, 0.25) is 0 Å². The summed E-state index contributed by atoms with van der Waals surface area (Å²) in [5.74, 6) is 0. The maximum absolute atomic E-state index is 5.75. The van der Waals surface area contributed by atoms with Gasteiger partial charge >= 0.3 is 0 Å². The summed E-state index contributed by atoms with van der Waals surface area (Å²) in [7, 11) is 0. The summed E-state index contributed by atoms with van der Waals surface area (Å²) < 4.78 is 5.29. The van der Waals surface area contributed by atoms with Gasteiger partial charge in [0.15, 0.2) is 0 Å². The van der Waals surface area contributed by atoms with Crippen molar-refractivity contribution < 1.29 is 4.74 Å². The average Bonchev–Trinajstić information content (AvgIpc) is 2.19. The molecule has 14 heavy (non-hydrogen) atoms. The zero-order valence-electron chi connectivity index (χ0n) is 7.65. The van der Waals surface area contributed by atoms with Crippen LogP contribution in [-0.4, -0.2) is 28.4 Å². The quantitative estimate of drug-likeness (QED) is 0.782. The fraction of sp³-hybridized carbons (Fsp3) is 0.556. The van der Waals surface area contributed by atoms with Crippen molar-refractivity contribution in [1.29, 1.82) is 0 Å². The molecule has 5 heteroatoms. The minimum atomic E-state index is 0.460. The van der Waals surface area contributed by atoms with Crippen LogP contribution in [0, 0.1) is 0 Å². The van der Waals surface area contributed by atoms with Crippen LogP contribution in [0.1, 0.15) is 12.8 Å². The molecule has 1 fully saturated rings. The molecule has 0 spiro atoms. The number of nitrogens with zero attached hydrogens (tertiary/aromatic N) is 2. The molecule has 0 aliphatic carbocycles. The summed E-state index contributed by atoms with van der Waals surface area (Å²) in [6, 6.07) is 0. The standard InChI is InChI=1S/C9H11ClN2OS/c10-8-5-11-6-9(12-8)14-7-1-3-13-4-2-7/h5-7H,1-4H2. The Morgan fingerprint density at radius 1 is 1.36 bits per heavy atom. The Morgan fingerprint density at radius 3 is 2.86 bits per heavy atom. The number of hydrogen-bond acceptors (Lipinski definition) is 4. The first-order valence-electron chi connectivity index (χ1n) is 4.56. The molecule has 76 valence electrons. The van der Waals surface area contributed by atoms with E-state index in [-0.39, 0.29) is 0 Å². The van der Waals surface area contributed by atoms with E-state index in [1.165, 1.54) is 0 Å². The lowest BCUT2D eigenvalue weighted by Gasteiger charge is -2.20. The molecule has 1 aliphatic heterocycles. The highest BCUT2D eigenvalue weighted by molar-refractivity contribution is 7.99. The van der Waals surface area contributed by atoms with Crippen molar-refractivity contribution in [2.24, 2.45) is 0 Å². The number of thioether (sulfide) groups is 1. The molecule has 2 rings (SSSR count). The monoisotopic (exact) mass is 230 g/mol. The summed E-state index contributed by atoms with van der Waals surface area (Å²) in [6.45, 7) is 1.71. The lowest BCUT2D eigenvalue weighted by molar-refractivity contribution is 0.1000. The van der Waals surface area contributed by atoms with E-state index in [2.05, 4.69) is 9.97 Å². The molecule has 0 unspecified atom stereocenters. The fourth-order valence-electron chi connectivity index (χ4n) is 1.35. The molecule has 0 amide bonds. The third-order valence-electron chi connectivity index (χ3n) is 2.04. The zero-order chi connectivity index (χ0) is 9.80. The van der Waals surface area contributed by atoms with Gasteiger partial charge in [0.05, 0.1) is 12.4 Å². The highest BCUT2D eigenvalue weighted by atomic mass is 35.5. The lowest BCUT2D eigenvalue weighted by atomic mass is 10.2. The van der Waals surface area contributed by atoms with Gasteiger partial charge in [-0.3, -0.25) is 4.98 Å². The Hall–Kier alpha value is -0.320. The van der Waals surface area contributed by atoms with Crippen LogP contribution in [0.2, 0.25) is 5.15 Å². The second-order valence-corrected chi connectivity index (χ2v) is 4.82. The molecule has 0 radical (unpaired) electrons. The molecule has 3 nitrogen and oxygen atoms in total. The highest BCUT2D eigenvalue weighted by Gasteiger charge is 2.15. The first-order chi connectivity index (χ1) is 6.84. The molecule has 0 saturated carbocycles. The topological polar surface area (TPSA) is 35.0 Å². The van der Waals surface area contributed by atoms with Gasteiger partial charge in [-0.1, -0.05) is 11.6 Å². The van der Waals surface area contributed by atoms with Crippen molar-refractivity contribution in [3.63, 3.8) is 0 Å². The van der Waals surface area contributed by atoms with Crippen LogP contribution < -0.4 is 0 Å². The normalized spacial score (nSPS) is 18.4. The summed E-state index contributed by atoms with van der Waals surface area (Å²) in [5.41, 5.74) is 0. The predicted molar refractivity (Wildman–Crippen MR) is 56.7 cm³/mol. The fourth-order valence-corrected chi connectivity index (χ4v) is 2.59. The van der Waals surface area contributed by atoms with Crippen LogP contribution in [0.25, 0.3) is 0 Å². The van der Waals surface area contributed by atoms with Crippen molar-refractivity contribution in [3.8, 4) is 0 Å². The molecule has 1 saturated heterocycles. The minimum absolute atomic E-state index is 0.460. The second kappa shape index (κ2) is 4.96. The van der Waals surface area contributed by atoms with E-state index in [1.54, 1.807) is 24.2 Å². The van der Waals surface area contributed by atoms with Crippen molar-refractivity contribution in [2.75, 3.05) is 13.2 Å². The molecule has 0 bridgehead atoms. The van der Waals surface area contributed by atoms with Crippen LogP contribution in [0.15, 0.2) is 17.4 Å². The number of halogens is 1. The van der Waals surface area contributed by atoms with Gasteiger partial charge < -0.3 is 4.74 Å². The summed E-state index contributed by atoms with van der Waals surface area (Å²) in [4.78, 5) is 8.20. The van der Waals surface area contributed by atoms with Crippen molar-refractivity contribution >= 4 is 23.4 Å². The molecule has 0 aromatic carbocycles. The third kappa shape index (κ3) is 2.83. The molecule has 1 aliphatic rings. The maximum atomic E-state index is 5.75. The van der Waals surface area contributed by atoms with E-state index in [9.17, 15) is 0 Å². The van der Waals surface area contributed by atoms with E-state index in [1.807, 2.05) is 0 Å². The third-order valence-corrected chi connectivity index (χ3v) is 3.46. The Labute approximate surface area is 92.2 Å². The number of hydrogen-bond donors (Lipinski definition) is 0. The molecule has 0 N–H and O–H groups in total. The van der Waals surface area contributed by atoms with Crippen molar-refractivity contribution in [1.82, 2.24) is 9.97 Å².